The van der Waals surface area contributed by atoms with E-state index in [9.17, 15) is 23.5 Å². The van der Waals surface area contributed by atoms with Gasteiger partial charge in [-0.25, -0.2) is 13.1 Å². The van der Waals surface area contributed by atoms with Gasteiger partial charge >= 0.3 is 29.6 Å². The van der Waals surface area contributed by atoms with E-state index in [1.807, 2.05) is 6.92 Å². The Morgan fingerprint density at radius 3 is 2.47 bits per heavy atom. The molecule has 1 atom stereocenters. The third-order valence-corrected chi connectivity index (χ3v) is 7.07. The van der Waals surface area contributed by atoms with Gasteiger partial charge in [0, 0.05) is 13.1 Å². The molecule has 32 heavy (non-hydrogen) atoms. The zero-order valence-electron chi connectivity index (χ0n) is 19.3. The fraction of sp³-hybridized carbons (Fsp3) is 0.682. The van der Waals surface area contributed by atoms with Crippen LogP contribution in [0.4, 0.5) is 0 Å². The summed E-state index contributed by atoms with van der Waals surface area (Å²) in [6.07, 6.45) is 6.47. The van der Waals surface area contributed by atoms with Crippen molar-refractivity contribution in [3.8, 4) is 5.75 Å². The Hall–Kier alpha value is -0.680. The molecule has 0 spiro atoms. The van der Waals surface area contributed by atoms with Gasteiger partial charge in [0.1, 0.15) is 5.75 Å². The normalized spacial score (nSPS) is 16.3. The van der Waals surface area contributed by atoms with Crippen LogP contribution in [0, 0.1) is 5.92 Å². The molecule has 1 aliphatic heterocycles. The first-order valence-electron chi connectivity index (χ1n) is 11.2. The van der Waals surface area contributed by atoms with Crippen LogP contribution in [0.25, 0.3) is 0 Å². The molecule has 1 heterocycles. The van der Waals surface area contributed by atoms with Gasteiger partial charge in [-0.05, 0) is 62.1 Å². The van der Waals surface area contributed by atoms with Crippen molar-refractivity contribution < 1.29 is 57.8 Å². The molecule has 176 valence electrons. The number of carboxylic acid groups (broad SMARTS) is 1. The summed E-state index contributed by atoms with van der Waals surface area (Å²) in [5.74, 6) is -0.157. The number of hydrogen-bond acceptors (Lipinski definition) is 7. The Kier molecular flexibility index (Phi) is 14.0. The van der Waals surface area contributed by atoms with E-state index in [0.29, 0.717) is 36.7 Å². The number of carboxylic acids is 1. The average Bonchev–Trinajstić information content (AvgIpc) is 2.74. The fourth-order valence-corrected chi connectivity index (χ4v) is 5.07. The molecule has 1 aliphatic rings. The standard InChI is InChI=1S/C22H36N2O6S.Na/c1-2-3-16-31(28,29)23-21(22(25)26)17-19-7-9-20(10-8-19)30-15-5-4-6-18-11-13-24(27)14-12-18;/h7-10,18,21,23,27H,2-6,11-17H2,1H3,(H,25,26);/q;+1/p-1. The first-order valence-corrected chi connectivity index (χ1v) is 12.8. The predicted molar refractivity (Wildman–Crippen MR) is 116 cm³/mol. The number of carbonyl (C=O) groups excluding carboxylic acids is 1. The number of sulfonamides is 1. The van der Waals surface area contributed by atoms with Gasteiger partial charge in [-0.1, -0.05) is 31.9 Å². The number of rotatable bonds is 14. The Bertz CT molecular complexity index is 767. The Morgan fingerprint density at radius 2 is 1.88 bits per heavy atom. The summed E-state index contributed by atoms with van der Waals surface area (Å²) in [6.45, 7) is 3.99. The topological polar surface area (TPSA) is 119 Å². The maximum Gasteiger partial charge on any atom is 1.00 e. The van der Waals surface area contributed by atoms with Crippen LogP contribution in [-0.2, 0) is 21.2 Å². The number of aliphatic carboxylic acids is 1. The molecule has 0 bridgehead atoms. The van der Waals surface area contributed by atoms with Crippen molar-refractivity contribution >= 4 is 16.0 Å². The van der Waals surface area contributed by atoms with Crippen LogP contribution in [0.5, 0.6) is 5.75 Å². The minimum atomic E-state index is -3.66. The predicted octanol–water partition coefficient (Wildman–Crippen LogP) is -1.28. The van der Waals surface area contributed by atoms with Crippen LogP contribution in [-0.4, -0.2) is 56.1 Å². The minimum absolute atomic E-state index is 0. The molecular formula is C22H35N2NaO6S. The second kappa shape index (κ2) is 15.3. The molecule has 0 aromatic heterocycles. The van der Waals surface area contributed by atoms with Crippen molar-refractivity contribution in [3.05, 3.63) is 29.8 Å². The molecule has 0 saturated carbocycles. The number of nitrogens with one attached hydrogen (secondary N) is 1. The summed E-state index contributed by atoms with van der Waals surface area (Å²) < 4.78 is 32.0. The van der Waals surface area contributed by atoms with Crippen LogP contribution in [0.3, 0.4) is 0 Å². The average molecular weight is 479 g/mol. The van der Waals surface area contributed by atoms with Crippen LogP contribution in [0.15, 0.2) is 24.3 Å². The SMILES string of the molecule is CCCCS(=O)(=O)NC(Cc1ccc(OCCCCC2CCN(O)CC2)cc1)C(=O)[O-].[Na+]. The molecule has 2 N–H and O–H groups in total. The number of hydroxylamine groups is 2. The first kappa shape index (κ1) is 29.4. The largest absolute Gasteiger partial charge is 1.00 e. The van der Waals surface area contributed by atoms with Crippen LogP contribution in [0.1, 0.15) is 57.4 Å². The first-order chi connectivity index (χ1) is 14.8. The summed E-state index contributed by atoms with van der Waals surface area (Å²) >= 11 is 0. The van der Waals surface area contributed by atoms with Gasteiger partial charge in [-0.2, -0.15) is 5.06 Å². The fourth-order valence-electron chi connectivity index (χ4n) is 3.67. The van der Waals surface area contributed by atoms with Gasteiger partial charge in [0.25, 0.3) is 0 Å². The molecule has 0 aliphatic carbocycles. The molecule has 1 unspecified atom stereocenters. The van der Waals surface area contributed by atoms with Crippen molar-refractivity contribution in [2.45, 2.75) is 64.3 Å². The summed E-state index contributed by atoms with van der Waals surface area (Å²) in [5, 5.41) is 22.2. The molecule has 0 radical (unpaired) electrons. The number of ether oxygens (including phenoxy) is 1. The van der Waals surface area contributed by atoms with Gasteiger partial charge in [0.15, 0.2) is 0 Å². The summed E-state index contributed by atoms with van der Waals surface area (Å²) in [5.41, 5.74) is 0.690. The van der Waals surface area contributed by atoms with Crippen molar-refractivity contribution in [2.24, 2.45) is 5.92 Å². The van der Waals surface area contributed by atoms with Gasteiger partial charge in [0.2, 0.25) is 10.0 Å². The zero-order valence-corrected chi connectivity index (χ0v) is 22.1. The third kappa shape index (κ3) is 11.4. The van der Waals surface area contributed by atoms with Crippen molar-refractivity contribution in [1.82, 2.24) is 9.79 Å². The van der Waals surface area contributed by atoms with Crippen LogP contribution in [0.2, 0.25) is 0 Å². The van der Waals surface area contributed by atoms with E-state index in [1.165, 1.54) is 5.06 Å². The summed E-state index contributed by atoms with van der Waals surface area (Å²) in [4.78, 5) is 11.4. The van der Waals surface area contributed by atoms with Gasteiger partial charge in [-0.3, -0.25) is 0 Å². The van der Waals surface area contributed by atoms with E-state index in [-0.39, 0.29) is 41.7 Å². The molecule has 1 aromatic carbocycles. The van der Waals surface area contributed by atoms with E-state index in [1.54, 1.807) is 24.3 Å². The van der Waals surface area contributed by atoms with Crippen molar-refractivity contribution in [1.29, 1.82) is 0 Å². The molecule has 0 amide bonds. The maximum absolute atomic E-state index is 12.0. The minimum Gasteiger partial charge on any atom is -0.548 e. The van der Waals surface area contributed by atoms with Crippen LogP contribution >= 0.6 is 0 Å². The number of unbranched alkanes of at least 4 members (excludes halogenated alkanes) is 2. The monoisotopic (exact) mass is 478 g/mol. The van der Waals surface area contributed by atoms with E-state index in [0.717, 1.165) is 45.2 Å². The van der Waals surface area contributed by atoms with E-state index in [2.05, 4.69) is 4.72 Å². The van der Waals surface area contributed by atoms with Gasteiger partial charge < -0.3 is 19.8 Å². The molecule has 1 fully saturated rings. The van der Waals surface area contributed by atoms with Gasteiger partial charge in [0.05, 0.1) is 24.4 Å². The Labute approximate surface area is 214 Å². The number of nitrogens with zero attached hydrogens (tertiary/aromatic N) is 1. The molecule has 10 heteroatoms. The third-order valence-electron chi connectivity index (χ3n) is 5.60. The van der Waals surface area contributed by atoms with Crippen molar-refractivity contribution in [2.75, 3.05) is 25.4 Å². The van der Waals surface area contributed by atoms with E-state index in [4.69, 9.17) is 4.74 Å². The zero-order chi connectivity index (χ0) is 22.7. The maximum atomic E-state index is 12.0. The van der Waals surface area contributed by atoms with Crippen molar-refractivity contribution in [3.63, 3.8) is 0 Å². The summed E-state index contributed by atoms with van der Waals surface area (Å²) in [7, 11) is -3.66. The number of hydrogen-bond donors (Lipinski definition) is 2. The molecule has 1 aromatic rings. The van der Waals surface area contributed by atoms with E-state index < -0.39 is 22.0 Å². The van der Waals surface area contributed by atoms with Crippen LogP contribution < -0.4 is 44.1 Å². The quantitative estimate of drug-likeness (QED) is 0.253. The smallest absolute Gasteiger partial charge is 0.548 e. The molecule has 8 nitrogen and oxygen atoms in total. The molecule has 2 rings (SSSR count). The molecular weight excluding hydrogens is 443 g/mol. The number of benzene rings is 1. The van der Waals surface area contributed by atoms with E-state index >= 15 is 0 Å². The number of carbonyl (C=O) groups is 1. The second-order valence-corrected chi connectivity index (χ2v) is 10.1. The number of piperidine rings is 1. The summed E-state index contributed by atoms with van der Waals surface area (Å²) in [6, 6.07) is 5.73. The Balaban J connectivity index is 0.00000512. The molecule has 1 saturated heterocycles. The second-order valence-electron chi connectivity index (χ2n) is 8.25. The Morgan fingerprint density at radius 1 is 1.22 bits per heavy atom. The van der Waals surface area contributed by atoms with Gasteiger partial charge in [-0.15, -0.1) is 0 Å².